The first kappa shape index (κ1) is 23.8. The molecule has 2 heterocycles. The Morgan fingerprint density at radius 1 is 1.03 bits per heavy atom. The van der Waals surface area contributed by atoms with E-state index in [1.807, 2.05) is 18.7 Å². The van der Waals surface area contributed by atoms with Crippen LogP contribution in [0, 0.1) is 26.7 Å². The van der Waals surface area contributed by atoms with Gasteiger partial charge in [0.05, 0.1) is 0 Å². The van der Waals surface area contributed by atoms with Crippen molar-refractivity contribution < 1.29 is 9.59 Å². The van der Waals surface area contributed by atoms with E-state index >= 15 is 0 Å². The van der Waals surface area contributed by atoms with E-state index in [4.69, 9.17) is 0 Å². The summed E-state index contributed by atoms with van der Waals surface area (Å²) >= 11 is 0. The lowest BCUT2D eigenvalue weighted by atomic mass is 9.93. The average molecular weight is 431 g/mol. The maximum atomic E-state index is 12.9. The molecule has 0 bridgehead atoms. The Morgan fingerprint density at radius 3 is 2.32 bits per heavy atom. The Kier molecular flexibility index (Phi) is 8.58. The van der Waals surface area contributed by atoms with Gasteiger partial charge in [0.25, 0.3) is 5.91 Å². The van der Waals surface area contributed by atoms with Gasteiger partial charge in [0.15, 0.2) is 0 Å². The Morgan fingerprint density at radius 2 is 1.71 bits per heavy atom. The van der Waals surface area contributed by atoms with E-state index in [0.717, 1.165) is 68.4 Å². The number of nitrogens with one attached hydrogen (secondary N) is 2. The normalized spacial score (nSPS) is 18.5. The maximum Gasteiger partial charge on any atom is 0.270 e. The number of carbonyl (C=O) groups is 2. The number of aryl methyl sites for hydroxylation is 1. The lowest BCUT2D eigenvalue weighted by Gasteiger charge is -2.32. The molecular weight excluding hydrogens is 388 g/mol. The van der Waals surface area contributed by atoms with Crippen molar-refractivity contribution in [2.45, 2.75) is 84.6 Å². The number of hydrogen-bond donors (Lipinski definition) is 2. The number of H-pyrrole nitrogens is 1. The molecule has 0 spiro atoms. The van der Waals surface area contributed by atoms with Gasteiger partial charge >= 0.3 is 0 Å². The minimum atomic E-state index is 0.0960. The Hall–Kier alpha value is -1.82. The summed E-state index contributed by atoms with van der Waals surface area (Å²) in [6.07, 6.45) is 10.2. The van der Waals surface area contributed by atoms with Gasteiger partial charge in [0, 0.05) is 37.8 Å². The largest absolute Gasteiger partial charge is 0.356 e. The zero-order valence-electron chi connectivity index (χ0n) is 20.1. The molecule has 0 atom stereocenters. The molecule has 6 heteroatoms. The predicted octanol–water partition coefficient (Wildman–Crippen LogP) is 3.95. The minimum Gasteiger partial charge on any atom is -0.356 e. The molecule has 0 aromatic carbocycles. The zero-order valence-corrected chi connectivity index (χ0v) is 20.1. The van der Waals surface area contributed by atoms with Crippen molar-refractivity contribution in [3.63, 3.8) is 0 Å². The highest BCUT2D eigenvalue weighted by Gasteiger charge is 2.27. The van der Waals surface area contributed by atoms with Crippen molar-refractivity contribution in [1.82, 2.24) is 20.1 Å². The quantitative estimate of drug-likeness (QED) is 0.614. The van der Waals surface area contributed by atoms with E-state index in [1.165, 1.54) is 37.7 Å². The van der Waals surface area contributed by atoms with Gasteiger partial charge in [-0.2, -0.15) is 0 Å². The van der Waals surface area contributed by atoms with Gasteiger partial charge in [-0.05, 0) is 83.5 Å². The van der Waals surface area contributed by atoms with Crippen LogP contribution < -0.4 is 5.32 Å². The SMILES string of the molecule is Cc1[nH]c(C(=O)N2CCC(CC(=O)NCCCN(C)C3CCCCC3)CC2)c(C)c1C. The monoisotopic (exact) mass is 430 g/mol. The second-order valence-corrected chi connectivity index (χ2v) is 9.79. The Balaban J connectivity index is 1.32. The second-order valence-electron chi connectivity index (χ2n) is 9.79. The Bertz CT molecular complexity index is 743. The second kappa shape index (κ2) is 11.2. The molecule has 2 aliphatic rings. The highest BCUT2D eigenvalue weighted by molar-refractivity contribution is 5.94. The molecule has 1 aromatic rings. The first-order chi connectivity index (χ1) is 14.9. The van der Waals surface area contributed by atoms with Crippen LogP contribution in [0.15, 0.2) is 0 Å². The summed E-state index contributed by atoms with van der Waals surface area (Å²) in [5, 5.41) is 3.11. The van der Waals surface area contributed by atoms with Gasteiger partial charge in [-0.3, -0.25) is 9.59 Å². The van der Waals surface area contributed by atoms with Crippen LogP contribution in [0.3, 0.4) is 0 Å². The lowest BCUT2D eigenvalue weighted by molar-refractivity contribution is -0.122. The summed E-state index contributed by atoms with van der Waals surface area (Å²) in [7, 11) is 2.23. The molecule has 1 aromatic heterocycles. The topological polar surface area (TPSA) is 68.4 Å². The van der Waals surface area contributed by atoms with Crippen LogP contribution in [-0.2, 0) is 4.79 Å². The van der Waals surface area contributed by atoms with Crippen LogP contribution >= 0.6 is 0 Å². The molecule has 1 aliphatic heterocycles. The summed E-state index contributed by atoms with van der Waals surface area (Å²) in [6, 6.07) is 0.736. The van der Waals surface area contributed by atoms with Crippen molar-refractivity contribution >= 4 is 11.8 Å². The van der Waals surface area contributed by atoms with Crippen molar-refractivity contribution in [3.8, 4) is 0 Å². The number of aromatic amines is 1. The minimum absolute atomic E-state index is 0.0960. The molecule has 1 saturated heterocycles. The molecule has 1 aliphatic carbocycles. The fraction of sp³-hybridized carbons (Fsp3) is 0.760. The standard InChI is InChI=1S/C25H42N4O2/c1-18-19(2)24(27-20(18)3)25(31)29-15-11-21(12-16-29)17-23(30)26-13-8-14-28(4)22-9-6-5-7-10-22/h21-22,27H,5-17H2,1-4H3,(H,26,30). The Labute approximate surface area is 188 Å². The molecule has 1 saturated carbocycles. The fourth-order valence-electron chi connectivity index (χ4n) is 5.15. The summed E-state index contributed by atoms with van der Waals surface area (Å²) in [6.45, 7) is 9.37. The van der Waals surface area contributed by atoms with Crippen molar-refractivity contribution in [3.05, 3.63) is 22.5 Å². The van der Waals surface area contributed by atoms with Crippen molar-refractivity contribution in [2.75, 3.05) is 33.2 Å². The van der Waals surface area contributed by atoms with Gasteiger partial charge in [0.2, 0.25) is 5.91 Å². The van der Waals surface area contributed by atoms with E-state index in [9.17, 15) is 9.59 Å². The van der Waals surface area contributed by atoms with Crippen molar-refractivity contribution in [1.29, 1.82) is 0 Å². The first-order valence-corrected chi connectivity index (χ1v) is 12.3. The average Bonchev–Trinajstić information content (AvgIpc) is 3.04. The third-order valence-corrected chi connectivity index (χ3v) is 7.61. The van der Waals surface area contributed by atoms with Gasteiger partial charge in [-0.15, -0.1) is 0 Å². The number of aromatic nitrogens is 1. The number of carbonyl (C=O) groups excluding carboxylic acids is 2. The maximum absolute atomic E-state index is 12.9. The molecule has 2 fully saturated rings. The first-order valence-electron chi connectivity index (χ1n) is 12.3. The van der Waals surface area contributed by atoms with E-state index in [1.54, 1.807) is 0 Å². The van der Waals surface area contributed by atoms with Crippen LogP contribution in [0.4, 0.5) is 0 Å². The number of piperidine rings is 1. The van der Waals surface area contributed by atoms with Gasteiger partial charge in [-0.25, -0.2) is 0 Å². The number of amides is 2. The molecular formula is C25H42N4O2. The number of nitrogens with zero attached hydrogens (tertiary/aromatic N) is 2. The summed E-state index contributed by atoms with van der Waals surface area (Å²) in [5.74, 6) is 0.636. The highest BCUT2D eigenvalue weighted by atomic mass is 16.2. The molecule has 0 radical (unpaired) electrons. The van der Waals surface area contributed by atoms with E-state index < -0.39 is 0 Å². The highest BCUT2D eigenvalue weighted by Crippen LogP contribution is 2.24. The van der Waals surface area contributed by atoms with Gasteiger partial charge < -0.3 is 20.1 Å². The van der Waals surface area contributed by atoms with Crippen LogP contribution in [0.2, 0.25) is 0 Å². The zero-order chi connectivity index (χ0) is 22.4. The molecule has 174 valence electrons. The molecule has 6 nitrogen and oxygen atoms in total. The third-order valence-electron chi connectivity index (χ3n) is 7.61. The fourth-order valence-corrected chi connectivity index (χ4v) is 5.15. The number of likely N-dealkylation sites (tertiary alicyclic amines) is 1. The molecule has 2 amide bonds. The van der Waals surface area contributed by atoms with Crippen LogP contribution in [-0.4, -0.2) is 65.9 Å². The number of hydrogen-bond acceptors (Lipinski definition) is 3. The van der Waals surface area contributed by atoms with Crippen molar-refractivity contribution in [2.24, 2.45) is 5.92 Å². The van der Waals surface area contributed by atoms with Crippen LogP contribution in [0.1, 0.15) is 85.1 Å². The molecule has 0 unspecified atom stereocenters. The van der Waals surface area contributed by atoms with E-state index in [-0.39, 0.29) is 11.8 Å². The predicted molar refractivity (Wildman–Crippen MR) is 125 cm³/mol. The van der Waals surface area contributed by atoms with Crippen LogP contribution in [0.25, 0.3) is 0 Å². The lowest BCUT2D eigenvalue weighted by Crippen LogP contribution is -2.40. The molecule has 2 N–H and O–H groups in total. The number of rotatable bonds is 8. The summed E-state index contributed by atoms with van der Waals surface area (Å²) < 4.78 is 0. The summed E-state index contributed by atoms with van der Waals surface area (Å²) in [5.41, 5.74) is 4.01. The van der Waals surface area contributed by atoms with Crippen LogP contribution in [0.5, 0.6) is 0 Å². The summed E-state index contributed by atoms with van der Waals surface area (Å²) in [4.78, 5) is 32.9. The van der Waals surface area contributed by atoms with Gasteiger partial charge in [-0.1, -0.05) is 19.3 Å². The molecule has 31 heavy (non-hydrogen) atoms. The molecule has 3 rings (SSSR count). The van der Waals surface area contributed by atoms with Gasteiger partial charge in [0.1, 0.15) is 5.69 Å². The third kappa shape index (κ3) is 6.34. The van der Waals surface area contributed by atoms with E-state index in [0.29, 0.717) is 12.3 Å². The van der Waals surface area contributed by atoms with E-state index in [2.05, 4.69) is 29.2 Å². The smallest absolute Gasteiger partial charge is 0.270 e.